The van der Waals surface area contributed by atoms with Crippen LogP contribution >= 0.6 is 0 Å². The number of carboxylic acids is 1. The summed E-state index contributed by atoms with van der Waals surface area (Å²) < 4.78 is 5.23. The quantitative estimate of drug-likeness (QED) is 0.379. The van der Waals surface area contributed by atoms with Gasteiger partial charge in [0, 0.05) is 0 Å². The number of rotatable bonds is 13. The summed E-state index contributed by atoms with van der Waals surface area (Å²) in [7, 11) is 0. The van der Waals surface area contributed by atoms with Gasteiger partial charge in [-0.3, -0.25) is 9.59 Å². The van der Waals surface area contributed by atoms with Crippen molar-refractivity contribution in [2.75, 3.05) is 6.61 Å². The van der Waals surface area contributed by atoms with Gasteiger partial charge in [0.25, 0.3) is 0 Å². The van der Waals surface area contributed by atoms with Crippen molar-refractivity contribution in [2.24, 2.45) is 11.8 Å². The average molecular weight is 357 g/mol. The molecule has 5 nitrogen and oxygen atoms in total. The molecule has 1 saturated carbocycles. The molecule has 5 heteroatoms. The zero-order valence-corrected chi connectivity index (χ0v) is 15.8. The molecule has 25 heavy (non-hydrogen) atoms. The van der Waals surface area contributed by atoms with E-state index in [9.17, 15) is 14.7 Å². The van der Waals surface area contributed by atoms with Crippen LogP contribution in [0.1, 0.15) is 90.4 Å². The Labute approximate surface area is 152 Å². The van der Waals surface area contributed by atoms with Gasteiger partial charge in [0.15, 0.2) is 0 Å². The lowest BCUT2D eigenvalue weighted by Crippen LogP contribution is -2.29. The Bertz CT molecular complexity index is 374. The van der Waals surface area contributed by atoms with Gasteiger partial charge in [0.2, 0.25) is 0 Å². The van der Waals surface area contributed by atoms with Crippen LogP contribution in [-0.4, -0.2) is 34.9 Å². The largest absolute Gasteiger partial charge is 0.481 e. The molecule has 1 fully saturated rings. The number of aliphatic hydroxyl groups excluding tert-OH is 1. The van der Waals surface area contributed by atoms with Crippen molar-refractivity contribution in [1.29, 1.82) is 0 Å². The van der Waals surface area contributed by atoms with Crippen molar-refractivity contribution in [3.8, 4) is 0 Å². The summed E-state index contributed by atoms with van der Waals surface area (Å²) in [6.07, 6.45) is 12.1. The third-order valence-corrected chi connectivity index (χ3v) is 5.22. The van der Waals surface area contributed by atoms with E-state index in [4.69, 9.17) is 9.84 Å². The van der Waals surface area contributed by atoms with Crippen LogP contribution < -0.4 is 0 Å². The standard InChI is InChI=1S/C20H36O5/c1-2-3-4-5-6-7-8-9-10-18(21)15-25-20(24)17-13-11-16(12-14-17)19(22)23/h16-18,21H,2-15H2,1H3,(H,22,23). The molecule has 0 aliphatic heterocycles. The van der Waals surface area contributed by atoms with Crippen LogP contribution in [-0.2, 0) is 14.3 Å². The molecule has 0 aromatic heterocycles. The van der Waals surface area contributed by atoms with Crippen molar-refractivity contribution >= 4 is 11.9 Å². The molecule has 0 radical (unpaired) electrons. The van der Waals surface area contributed by atoms with Gasteiger partial charge in [0.05, 0.1) is 17.9 Å². The van der Waals surface area contributed by atoms with Crippen LogP contribution in [0.4, 0.5) is 0 Å². The van der Waals surface area contributed by atoms with Gasteiger partial charge < -0.3 is 14.9 Å². The SMILES string of the molecule is CCCCCCCCCCC(O)COC(=O)C1CCC(C(=O)O)CC1. The predicted molar refractivity (Wildman–Crippen MR) is 97.3 cm³/mol. The highest BCUT2D eigenvalue weighted by Crippen LogP contribution is 2.29. The van der Waals surface area contributed by atoms with Gasteiger partial charge in [-0.1, -0.05) is 58.3 Å². The van der Waals surface area contributed by atoms with Gasteiger partial charge in [-0.25, -0.2) is 0 Å². The fraction of sp³-hybridized carbons (Fsp3) is 0.900. The molecule has 1 aliphatic carbocycles. The molecule has 0 heterocycles. The van der Waals surface area contributed by atoms with E-state index in [0.717, 1.165) is 12.8 Å². The molecule has 1 rings (SSSR count). The van der Waals surface area contributed by atoms with Crippen molar-refractivity contribution < 1.29 is 24.5 Å². The van der Waals surface area contributed by atoms with Crippen molar-refractivity contribution in [1.82, 2.24) is 0 Å². The zero-order chi connectivity index (χ0) is 18.5. The van der Waals surface area contributed by atoms with Crippen molar-refractivity contribution in [3.05, 3.63) is 0 Å². The van der Waals surface area contributed by atoms with Crippen molar-refractivity contribution in [3.63, 3.8) is 0 Å². The number of aliphatic hydroxyl groups is 1. The molecule has 146 valence electrons. The summed E-state index contributed by atoms with van der Waals surface area (Å²) >= 11 is 0. The normalized spacial score (nSPS) is 21.7. The second-order valence-corrected chi connectivity index (χ2v) is 7.43. The highest BCUT2D eigenvalue weighted by atomic mass is 16.5. The fourth-order valence-electron chi connectivity index (χ4n) is 3.47. The Hall–Kier alpha value is -1.10. The van der Waals surface area contributed by atoms with E-state index >= 15 is 0 Å². The highest BCUT2D eigenvalue weighted by molar-refractivity contribution is 5.74. The lowest BCUT2D eigenvalue weighted by atomic mass is 9.82. The van der Waals surface area contributed by atoms with Gasteiger partial charge in [-0.15, -0.1) is 0 Å². The van der Waals surface area contributed by atoms with Crippen LogP contribution in [0, 0.1) is 11.8 Å². The Morgan fingerprint density at radius 3 is 2.00 bits per heavy atom. The summed E-state index contributed by atoms with van der Waals surface area (Å²) in [4.78, 5) is 22.9. The number of carbonyl (C=O) groups is 2. The van der Waals surface area contributed by atoms with Crippen LogP contribution in [0.3, 0.4) is 0 Å². The number of carboxylic acid groups (broad SMARTS) is 1. The van der Waals surface area contributed by atoms with Gasteiger partial charge >= 0.3 is 11.9 Å². The summed E-state index contributed by atoms with van der Waals surface area (Å²) in [6.45, 7) is 2.28. The fourth-order valence-corrected chi connectivity index (χ4v) is 3.47. The maximum atomic E-state index is 12.0. The lowest BCUT2D eigenvalue weighted by Gasteiger charge is -2.25. The Balaban J connectivity index is 2.01. The topological polar surface area (TPSA) is 83.8 Å². The molecule has 1 atom stereocenters. The number of unbranched alkanes of at least 4 members (excludes halogenated alkanes) is 7. The Morgan fingerprint density at radius 1 is 0.920 bits per heavy atom. The third-order valence-electron chi connectivity index (χ3n) is 5.22. The van der Waals surface area contributed by atoms with E-state index in [1.165, 1.54) is 38.5 Å². The zero-order valence-electron chi connectivity index (χ0n) is 15.8. The first-order valence-electron chi connectivity index (χ1n) is 10.1. The minimum atomic E-state index is -0.771. The van der Waals surface area contributed by atoms with Gasteiger partial charge in [0.1, 0.15) is 6.61 Å². The van der Waals surface area contributed by atoms with E-state index in [0.29, 0.717) is 32.1 Å². The molecular formula is C20H36O5. The molecule has 0 aromatic rings. The average Bonchev–Trinajstić information content (AvgIpc) is 2.62. The first kappa shape index (κ1) is 21.9. The molecule has 1 aliphatic rings. The number of ether oxygens (including phenoxy) is 1. The van der Waals surface area contributed by atoms with Crippen molar-refractivity contribution in [2.45, 2.75) is 96.5 Å². The number of carbonyl (C=O) groups excluding carboxylic acids is 1. The summed E-state index contributed by atoms with van der Waals surface area (Å²) in [6, 6.07) is 0. The molecule has 0 bridgehead atoms. The smallest absolute Gasteiger partial charge is 0.309 e. The molecular weight excluding hydrogens is 320 g/mol. The second-order valence-electron chi connectivity index (χ2n) is 7.43. The van der Waals surface area contributed by atoms with Gasteiger partial charge in [-0.2, -0.15) is 0 Å². The highest BCUT2D eigenvalue weighted by Gasteiger charge is 2.30. The van der Waals surface area contributed by atoms with E-state index in [1.807, 2.05) is 0 Å². The van der Waals surface area contributed by atoms with E-state index in [-0.39, 0.29) is 24.4 Å². The summed E-state index contributed by atoms with van der Waals surface area (Å²) in [5, 5.41) is 18.9. The van der Waals surface area contributed by atoms with E-state index in [1.54, 1.807) is 0 Å². The molecule has 1 unspecified atom stereocenters. The lowest BCUT2D eigenvalue weighted by molar-refractivity contribution is -0.155. The van der Waals surface area contributed by atoms with Gasteiger partial charge in [-0.05, 0) is 32.1 Å². The second kappa shape index (κ2) is 13.2. The number of hydrogen-bond donors (Lipinski definition) is 2. The number of esters is 1. The maximum Gasteiger partial charge on any atom is 0.309 e. The Kier molecular flexibility index (Phi) is 11.5. The van der Waals surface area contributed by atoms with Crippen LogP contribution in [0.25, 0.3) is 0 Å². The summed E-state index contributed by atoms with van der Waals surface area (Å²) in [5.74, 6) is -1.58. The van der Waals surface area contributed by atoms with E-state index < -0.39 is 12.1 Å². The molecule has 0 aromatic carbocycles. The first-order valence-corrected chi connectivity index (χ1v) is 10.1. The van der Waals surface area contributed by atoms with Crippen LogP contribution in [0.2, 0.25) is 0 Å². The molecule has 0 saturated heterocycles. The monoisotopic (exact) mass is 356 g/mol. The molecule has 2 N–H and O–H groups in total. The third kappa shape index (κ3) is 9.83. The van der Waals surface area contributed by atoms with Crippen LogP contribution in [0.5, 0.6) is 0 Å². The first-order chi connectivity index (χ1) is 12.0. The number of hydrogen-bond acceptors (Lipinski definition) is 4. The van der Waals surface area contributed by atoms with Crippen LogP contribution in [0.15, 0.2) is 0 Å². The van der Waals surface area contributed by atoms with E-state index in [2.05, 4.69) is 6.92 Å². The summed E-state index contributed by atoms with van der Waals surface area (Å²) in [5.41, 5.74) is 0. The number of aliphatic carboxylic acids is 1. The maximum absolute atomic E-state index is 12.0. The Morgan fingerprint density at radius 2 is 1.44 bits per heavy atom. The minimum absolute atomic E-state index is 0.0637. The predicted octanol–water partition coefficient (Wildman–Crippen LogP) is 4.31. The molecule has 0 spiro atoms. The molecule has 0 amide bonds. The minimum Gasteiger partial charge on any atom is -0.481 e.